The Balaban J connectivity index is 2.44. The minimum Gasteiger partial charge on any atom is -0.462 e. The summed E-state index contributed by atoms with van der Waals surface area (Å²) in [6.45, 7) is 2.16. The van der Waals surface area contributed by atoms with Crippen LogP contribution in [0.15, 0.2) is 0 Å². The van der Waals surface area contributed by atoms with Crippen molar-refractivity contribution >= 4 is 0 Å². The van der Waals surface area contributed by atoms with E-state index in [2.05, 4.69) is 19.0 Å². The highest BCUT2D eigenvalue weighted by Gasteiger charge is 2.20. The summed E-state index contributed by atoms with van der Waals surface area (Å²) in [7, 11) is 0. The van der Waals surface area contributed by atoms with Gasteiger partial charge in [0.05, 0.1) is 0 Å². The number of rotatable bonds is 2. The van der Waals surface area contributed by atoms with Gasteiger partial charge < -0.3 is 5.11 Å². The quantitative estimate of drug-likeness (QED) is 0.625. The van der Waals surface area contributed by atoms with Gasteiger partial charge in [0.1, 0.15) is 6.11 Å². The first-order valence-electron chi connectivity index (χ1n) is 5.03. The Morgan fingerprint density at radius 3 is 2.50 bits per heavy atom. The molecule has 1 fully saturated rings. The smallest absolute Gasteiger partial charge is 0.107 e. The van der Waals surface area contributed by atoms with Crippen LogP contribution >= 0.6 is 0 Å². The highest BCUT2D eigenvalue weighted by molar-refractivity contribution is 4.99. The predicted octanol–water partition coefficient (Wildman–Crippen LogP) is 2.93. The molecule has 0 aromatic heterocycles. The van der Waals surface area contributed by atoms with E-state index in [9.17, 15) is 0 Å². The molecule has 1 aliphatic carbocycles. The highest BCUT2D eigenvalue weighted by atomic mass is 16.2. The molecular formula is C11H18O. The van der Waals surface area contributed by atoms with E-state index < -0.39 is 0 Å². The molecule has 0 heterocycles. The average Bonchev–Trinajstić information content (AvgIpc) is 2.15. The van der Waals surface area contributed by atoms with Crippen LogP contribution in [-0.2, 0) is 0 Å². The SMILES string of the molecule is CCC(C#CO)C1CCCCC1. The maximum Gasteiger partial charge on any atom is 0.107 e. The lowest BCUT2D eigenvalue weighted by Gasteiger charge is -2.25. The Hall–Kier alpha value is -0.640. The Kier molecular flexibility index (Phi) is 4.00. The van der Waals surface area contributed by atoms with Crippen molar-refractivity contribution < 1.29 is 5.11 Å². The zero-order valence-electron chi connectivity index (χ0n) is 7.84. The van der Waals surface area contributed by atoms with E-state index >= 15 is 0 Å². The van der Waals surface area contributed by atoms with Crippen LogP contribution < -0.4 is 0 Å². The summed E-state index contributed by atoms with van der Waals surface area (Å²) in [6, 6.07) is 0. The second-order valence-electron chi connectivity index (χ2n) is 3.67. The van der Waals surface area contributed by atoms with Crippen molar-refractivity contribution in [1.29, 1.82) is 0 Å². The molecule has 1 heteroatoms. The van der Waals surface area contributed by atoms with Crippen molar-refractivity contribution in [2.75, 3.05) is 0 Å². The second-order valence-corrected chi connectivity index (χ2v) is 3.67. The average molecular weight is 166 g/mol. The van der Waals surface area contributed by atoms with Crippen LogP contribution in [0.2, 0.25) is 0 Å². The van der Waals surface area contributed by atoms with Crippen LogP contribution in [0, 0.1) is 23.9 Å². The third kappa shape index (κ3) is 2.44. The zero-order valence-corrected chi connectivity index (χ0v) is 7.84. The Morgan fingerprint density at radius 2 is 2.00 bits per heavy atom. The summed E-state index contributed by atoms with van der Waals surface area (Å²) < 4.78 is 0. The number of aliphatic hydroxyl groups is 1. The van der Waals surface area contributed by atoms with Crippen molar-refractivity contribution in [2.45, 2.75) is 45.4 Å². The van der Waals surface area contributed by atoms with Gasteiger partial charge in [0.15, 0.2) is 0 Å². The molecule has 0 aromatic carbocycles. The lowest BCUT2D eigenvalue weighted by atomic mass is 9.79. The molecule has 68 valence electrons. The monoisotopic (exact) mass is 166 g/mol. The van der Waals surface area contributed by atoms with E-state index in [1.54, 1.807) is 0 Å². The first-order chi connectivity index (χ1) is 5.88. The summed E-state index contributed by atoms with van der Waals surface area (Å²) in [5.41, 5.74) is 0. The molecule has 0 aromatic rings. The van der Waals surface area contributed by atoms with E-state index in [0.29, 0.717) is 5.92 Å². The van der Waals surface area contributed by atoms with E-state index in [4.69, 9.17) is 5.11 Å². The molecule has 1 nitrogen and oxygen atoms in total. The molecule has 1 rings (SSSR count). The van der Waals surface area contributed by atoms with Crippen LogP contribution in [0.1, 0.15) is 45.4 Å². The second kappa shape index (κ2) is 5.09. The molecule has 1 atom stereocenters. The minimum absolute atomic E-state index is 0.440. The van der Waals surface area contributed by atoms with Gasteiger partial charge in [-0.25, -0.2) is 0 Å². The molecule has 0 saturated heterocycles. The Morgan fingerprint density at radius 1 is 1.33 bits per heavy atom. The molecule has 1 saturated carbocycles. The van der Waals surface area contributed by atoms with Gasteiger partial charge in [-0.1, -0.05) is 32.1 Å². The summed E-state index contributed by atoms with van der Waals surface area (Å²) in [4.78, 5) is 0. The Labute approximate surface area is 75.2 Å². The fraction of sp³-hybridized carbons (Fsp3) is 0.818. The van der Waals surface area contributed by atoms with Crippen LogP contribution in [0.3, 0.4) is 0 Å². The maximum absolute atomic E-state index is 8.54. The van der Waals surface area contributed by atoms with Gasteiger partial charge in [-0.15, -0.1) is 0 Å². The topological polar surface area (TPSA) is 20.2 Å². The van der Waals surface area contributed by atoms with E-state index in [0.717, 1.165) is 12.3 Å². The van der Waals surface area contributed by atoms with E-state index in [1.807, 2.05) is 0 Å². The highest BCUT2D eigenvalue weighted by Crippen LogP contribution is 2.31. The number of hydrogen-bond donors (Lipinski definition) is 1. The third-order valence-corrected chi connectivity index (χ3v) is 2.91. The van der Waals surface area contributed by atoms with Gasteiger partial charge in [-0.3, -0.25) is 0 Å². The molecular weight excluding hydrogens is 148 g/mol. The number of hydrogen-bond acceptors (Lipinski definition) is 1. The summed E-state index contributed by atoms with van der Waals surface area (Å²) in [5.74, 6) is 4.10. The first-order valence-corrected chi connectivity index (χ1v) is 5.03. The van der Waals surface area contributed by atoms with Crippen molar-refractivity contribution in [3.05, 3.63) is 0 Å². The lowest BCUT2D eigenvalue weighted by Crippen LogP contribution is -2.15. The van der Waals surface area contributed by atoms with Crippen LogP contribution in [-0.4, -0.2) is 5.11 Å². The zero-order chi connectivity index (χ0) is 8.81. The van der Waals surface area contributed by atoms with Gasteiger partial charge in [0, 0.05) is 5.92 Å². The molecule has 0 amide bonds. The van der Waals surface area contributed by atoms with Crippen molar-refractivity contribution in [3.63, 3.8) is 0 Å². The third-order valence-electron chi connectivity index (χ3n) is 2.91. The molecule has 0 bridgehead atoms. The normalized spacial score (nSPS) is 21.1. The van der Waals surface area contributed by atoms with Crippen LogP contribution in [0.25, 0.3) is 0 Å². The van der Waals surface area contributed by atoms with Gasteiger partial charge in [0.2, 0.25) is 0 Å². The Bertz CT molecular complexity index is 169. The molecule has 1 aliphatic rings. The van der Waals surface area contributed by atoms with Crippen molar-refractivity contribution in [2.24, 2.45) is 11.8 Å². The molecule has 0 aliphatic heterocycles. The van der Waals surface area contributed by atoms with Gasteiger partial charge in [-0.2, -0.15) is 0 Å². The molecule has 1 N–H and O–H groups in total. The van der Waals surface area contributed by atoms with Crippen molar-refractivity contribution in [3.8, 4) is 12.0 Å². The largest absolute Gasteiger partial charge is 0.462 e. The molecule has 1 unspecified atom stereocenters. The van der Waals surface area contributed by atoms with Crippen LogP contribution in [0.4, 0.5) is 0 Å². The fourth-order valence-corrected chi connectivity index (χ4v) is 2.17. The summed E-state index contributed by atoms with van der Waals surface area (Å²) in [6.07, 6.45) is 9.87. The maximum atomic E-state index is 8.54. The minimum atomic E-state index is 0.440. The van der Waals surface area contributed by atoms with Crippen molar-refractivity contribution in [1.82, 2.24) is 0 Å². The van der Waals surface area contributed by atoms with Gasteiger partial charge >= 0.3 is 0 Å². The first kappa shape index (κ1) is 9.45. The standard InChI is InChI=1S/C11H18O/c1-2-10(8-9-12)11-6-4-3-5-7-11/h10-12H,2-7H2,1H3. The molecule has 0 spiro atoms. The summed E-state index contributed by atoms with van der Waals surface area (Å²) >= 11 is 0. The van der Waals surface area contributed by atoms with Gasteiger partial charge in [-0.05, 0) is 25.2 Å². The molecule has 0 radical (unpaired) electrons. The number of aliphatic hydroxyl groups excluding tert-OH is 1. The fourth-order valence-electron chi connectivity index (χ4n) is 2.17. The lowest BCUT2D eigenvalue weighted by molar-refractivity contribution is 0.286. The van der Waals surface area contributed by atoms with Crippen LogP contribution in [0.5, 0.6) is 0 Å². The predicted molar refractivity (Wildman–Crippen MR) is 50.1 cm³/mol. The van der Waals surface area contributed by atoms with E-state index in [-0.39, 0.29) is 0 Å². The van der Waals surface area contributed by atoms with E-state index in [1.165, 1.54) is 32.1 Å². The van der Waals surface area contributed by atoms with Gasteiger partial charge in [0.25, 0.3) is 0 Å². The molecule has 12 heavy (non-hydrogen) atoms. The summed E-state index contributed by atoms with van der Waals surface area (Å²) in [5, 5.41) is 8.54.